The third-order valence-electron chi connectivity index (χ3n) is 1.92. The van der Waals surface area contributed by atoms with Crippen LogP contribution in [-0.4, -0.2) is 16.5 Å². The van der Waals surface area contributed by atoms with Crippen LogP contribution in [-0.2, 0) is 4.79 Å². The molecule has 0 amide bonds. The molecular formula is C8H10Cl2O2. The fraction of sp³-hybridized carbons (Fsp3) is 0.625. The molecule has 0 heterocycles. The van der Waals surface area contributed by atoms with E-state index < -0.39 is 5.97 Å². The number of aliphatic carboxylic acids is 1. The summed E-state index contributed by atoms with van der Waals surface area (Å²) in [6, 6.07) is 0. The second-order valence-electron chi connectivity index (χ2n) is 2.95. The SMILES string of the molecule is O=C(O)C[C@H]1C=C(Cl)[C@@H](Cl)CC1. The van der Waals surface area contributed by atoms with E-state index in [9.17, 15) is 4.79 Å². The van der Waals surface area contributed by atoms with Gasteiger partial charge in [0.15, 0.2) is 0 Å². The van der Waals surface area contributed by atoms with E-state index in [0.717, 1.165) is 12.8 Å². The van der Waals surface area contributed by atoms with Crippen molar-refractivity contribution in [2.75, 3.05) is 0 Å². The van der Waals surface area contributed by atoms with E-state index in [2.05, 4.69) is 0 Å². The maximum atomic E-state index is 10.4. The number of rotatable bonds is 2. The summed E-state index contributed by atoms with van der Waals surface area (Å²) in [5.74, 6) is -0.723. The first kappa shape index (κ1) is 9.87. The average molecular weight is 209 g/mol. The summed E-state index contributed by atoms with van der Waals surface area (Å²) >= 11 is 11.6. The van der Waals surface area contributed by atoms with Crippen molar-refractivity contribution in [1.82, 2.24) is 0 Å². The molecule has 0 aromatic heterocycles. The van der Waals surface area contributed by atoms with Crippen LogP contribution >= 0.6 is 23.2 Å². The maximum absolute atomic E-state index is 10.4. The first-order chi connectivity index (χ1) is 5.59. The third kappa shape index (κ3) is 2.68. The van der Waals surface area contributed by atoms with Gasteiger partial charge < -0.3 is 5.11 Å². The van der Waals surface area contributed by atoms with E-state index in [0.29, 0.717) is 5.03 Å². The maximum Gasteiger partial charge on any atom is 0.303 e. The number of carbonyl (C=O) groups is 1. The van der Waals surface area contributed by atoms with Crippen LogP contribution in [0, 0.1) is 5.92 Å². The standard InChI is InChI=1S/C8H10Cl2O2/c9-6-2-1-5(3-7(6)10)4-8(11)12/h3,5-6H,1-2,4H2,(H,11,12)/t5-,6+/m1/s1. The molecule has 1 rings (SSSR count). The number of alkyl halides is 1. The topological polar surface area (TPSA) is 37.3 Å². The summed E-state index contributed by atoms with van der Waals surface area (Å²) in [7, 11) is 0. The van der Waals surface area contributed by atoms with Crippen molar-refractivity contribution >= 4 is 29.2 Å². The smallest absolute Gasteiger partial charge is 0.303 e. The van der Waals surface area contributed by atoms with Gasteiger partial charge in [0.25, 0.3) is 0 Å². The zero-order valence-corrected chi connectivity index (χ0v) is 7.98. The highest BCUT2D eigenvalue weighted by molar-refractivity contribution is 6.37. The highest BCUT2D eigenvalue weighted by atomic mass is 35.5. The van der Waals surface area contributed by atoms with E-state index in [1.807, 2.05) is 0 Å². The molecule has 2 nitrogen and oxygen atoms in total. The summed E-state index contributed by atoms with van der Waals surface area (Å²) in [5, 5.41) is 8.99. The van der Waals surface area contributed by atoms with Gasteiger partial charge in [-0.15, -0.1) is 11.6 Å². The van der Waals surface area contributed by atoms with E-state index >= 15 is 0 Å². The van der Waals surface area contributed by atoms with Gasteiger partial charge in [-0.1, -0.05) is 17.7 Å². The van der Waals surface area contributed by atoms with Crippen molar-refractivity contribution < 1.29 is 9.90 Å². The summed E-state index contributed by atoms with van der Waals surface area (Å²) in [6.45, 7) is 0. The van der Waals surface area contributed by atoms with E-state index in [1.165, 1.54) is 0 Å². The van der Waals surface area contributed by atoms with Crippen LogP contribution in [0.3, 0.4) is 0 Å². The Morgan fingerprint density at radius 2 is 2.33 bits per heavy atom. The number of hydrogen-bond donors (Lipinski definition) is 1. The van der Waals surface area contributed by atoms with Crippen LogP contribution in [0.2, 0.25) is 0 Å². The molecule has 2 atom stereocenters. The zero-order chi connectivity index (χ0) is 9.14. The fourth-order valence-electron chi connectivity index (χ4n) is 1.30. The first-order valence-corrected chi connectivity index (χ1v) is 4.64. The monoisotopic (exact) mass is 208 g/mol. The zero-order valence-electron chi connectivity index (χ0n) is 6.46. The molecule has 0 aromatic carbocycles. The normalized spacial score (nSPS) is 29.7. The molecule has 0 aromatic rings. The van der Waals surface area contributed by atoms with Gasteiger partial charge in [0, 0.05) is 5.03 Å². The second-order valence-corrected chi connectivity index (χ2v) is 3.92. The van der Waals surface area contributed by atoms with E-state index in [-0.39, 0.29) is 17.7 Å². The van der Waals surface area contributed by atoms with Crippen LogP contribution in [0.25, 0.3) is 0 Å². The Balaban J connectivity index is 2.54. The minimum absolute atomic E-state index is 0.0602. The Morgan fingerprint density at radius 1 is 1.67 bits per heavy atom. The Morgan fingerprint density at radius 3 is 2.83 bits per heavy atom. The van der Waals surface area contributed by atoms with Crippen molar-refractivity contribution in [3.63, 3.8) is 0 Å². The highest BCUT2D eigenvalue weighted by Crippen LogP contribution is 2.30. The quantitative estimate of drug-likeness (QED) is 0.709. The molecule has 4 heteroatoms. The lowest BCUT2D eigenvalue weighted by atomic mass is 9.93. The molecular weight excluding hydrogens is 199 g/mol. The van der Waals surface area contributed by atoms with Crippen molar-refractivity contribution in [2.45, 2.75) is 24.6 Å². The van der Waals surface area contributed by atoms with Gasteiger partial charge in [0.1, 0.15) is 0 Å². The van der Waals surface area contributed by atoms with Crippen molar-refractivity contribution in [1.29, 1.82) is 0 Å². The fourth-order valence-corrected chi connectivity index (χ4v) is 1.78. The molecule has 0 bridgehead atoms. The molecule has 0 spiro atoms. The molecule has 1 aliphatic rings. The van der Waals surface area contributed by atoms with Crippen molar-refractivity contribution in [3.8, 4) is 0 Å². The number of hydrogen-bond acceptors (Lipinski definition) is 1. The molecule has 12 heavy (non-hydrogen) atoms. The molecule has 0 aliphatic heterocycles. The van der Waals surface area contributed by atoms with E-state index in [1.54, 1.807) is 6.08 Å². The molecule has 0 saturated heterocycles. The summed E-state index contributed by atoms with van der Waals surface area (Å²) in [4.78, 5) is 10.4. The minimum atomic E-state index is -0.784. The molecule has 0 fully saturated rings. The number of carboxylic acids is 1. The van der Waals surface area contributed by atoms with Gasteiger partial charge in [-0.3, -0.25) is 4.79 Å². The van der Waals surface area contributed by atoms with Crippen LogP contribution < -0.4 is 0 Å². The van der Waals surface area contributed by atoms with Gasteiger partial charge in [-0.05, 0) is 18.8 Å². The van der Waals surface area contributed by atoms with Crippen LogP contribution in [0.15, 0.2) is 11.1 Å². The number of halogens is 2. The third-order valence-corrected chi connectivity index (χ3v) is 2.88. The lowest BCUT2D eigenvalue weighted by molar-refractivity contribution is -0.137. The van der Waals surface area contributed by atoms with Gasteiger partial charge in [-0.2, -0.15) is 0 Å². The highest BCUT2D eigenvalue weighted by Gasteiger charge is 2.21. The van der Waals surface area contributed by atoms with Crippen molar-refractivity contribution in [2.24, 2.45) is 5.92 Å². The minimum Gasteiger partial charge on any atom is -0.481 e. The van der Waals surface area contributed by atoms with Crippen LogP contribution in [0.4, 0.5) is 0 Å². The molecule has 68 valence electrons. The van der Waals surface area contributed by atoms with Crippen LogP contribution in [0.5, 0.6) is 0 Å². The molecule has 0 radical (unpaired) electrons. The predicted molar refractivity (Wildman–Crippen MR) is 48.6 cm³/mol. The lowest BCUT2D eigenvalue weighted by Crippen LogP contribution is -2.14. The van der Waals surface area contributed by atoms with Crippen LogP contribution in [0.1, 0.15) is 19.3 Å². The summed E-state index contributed by atoms with van der Waals surface area (Å²) in [6.07, 6.45) is 3.50. The molecule has 0 saturated carbocycles. The van der Waals surface area contributed by atoms with Gasteiger partial charge in [0.2, 0.25) is 0 Å². The largest absolute Gasteiger partial charge is 0.481 e. The Hall–Kier alpha value is -0.210. The van der Waals surface area contributed by atoms with Gasteiger partial charge in [-0.25, -0.2) is 0 Å². The van der Waals surface area contributed by atoms with Gasteiger partial charge in [0.05, 0.1) is 11.8 Å². The number of allylic oxidation sites excluding steroid dienone is 2. The number of carboxylic acid groups (broad SMARTS) is 1. The first-order valence-electron chi connectivity index (χ1n) is 3.82. The Labute approximate surface area is 81.2 Å². The predicted octanol–water partition coefficient (Wildman–Crippen LogP) is 2.60. The Bertz CT molecular complexity index is 213. The van der Waals surface area contributed by atoms with Crippen molar-refractivity contribution in [3.05, 3.63) is 11.1 Å². The molecule has 1 N–H and O–H groups in total. The summed E-state index contributed by atoms with van der Waals surface area (Å²) in [5.41, 5.74) is 0. The van der Waals surface area contributed by atoms with Gasteiger partial charge >= 0.3 is 5.97 Å². The second kappa shape index (κ2) is 4.15. The summed E-state index contributed by atoms with van der Waals surface area (Å²) < 4.78 is 0. The molecule has 0 unspecified atom stereocenters. The van der Waals surface area contributed by atoms with E-state index in [4.69, 9.17) is 28.3 Å². The lowest BCUT2D eigenvalue weighted by Gasteiger charge is -2.20. The average Bonchev–Trinajstić information content (AvgIpc) is 1.96. The Kier molecular flexibility index (Phi) is 3.41. The molecule has 1 aliphatic carbocycles.